The van der Waals surface area contributed by atoms with Gasteiger partial charge in [-0.15, -0.1) is 0 Å². The highest BCUT2D eigenvalue weighted by Gasteiger charge is 2.10. The van der Waals surface area contributed by atoms with Crippen molar-refractivity contribution in [3.05, 3.63) is 12.2 Å². The minimum atomic E-state index is -3.80. The third-order valence-corrected chi connectivity index (χ3v) is 3.82. The molecule has 0 radical (unpaired) electrons. The molecule has 0 aromatic carbocycles. The van der Waals surface area contributed by atoms with Gasteiger partial charge in [-0.05, 0) is 19.8 Å². The zero-order valence-corrected chi connectivity index (χ0v) is 13.2. The van der Waals surface area contributed by atoms with Gasteiger partial charge in [0.2, 0.25) is 0 Å². The van der Waals surface area contributed by atoms with Crippen LogP contribution in [-0.2, 0) is 14.1 Å². The van der Waals surface area contributed by atoms with E-state index in [4.69, 9.17) is 14.5 Å². The summed E-state index contributed by atoms with van der Waals surface area (Å²) in [7, 11) is -3.80. The monoisotopic (exact) mass is 306 g/mol. The zero-order valence-electron chi connectivity index (χ0n) is 12.3. The van der Waals surface area contributed by atoms with Gasteiger partial charge in [-0.1, -0.05) is 45.1 Å². The van der Waals surface area contributed by atoms with Crippen molar-refractivity contribution in [2.24, 2.45) is 0 Å². The predicted molar refractivity (Wildman–Crippen MR) is 79.6 cm³/mol. The first-order valence-electron chi connectivity index (χ1n) is 7.20. The SMILES string of the molecule is C=C(C)C(=O)OCCCCCCCCCCP(=O)(O)O. The van der Waals surface area contributed by atoms with Crippen molar-refractivity contribution in [3.8, 4) is 0 Å². The summed E-state index contributed by atoms with van der Waals surface area (Å²) in [6.45, 7) is 5.60. The Hall–Kier alpha value is -0.640. The first-order chi connectivity index (χ1) is 9.33. The molecule has 0 aliphatic carbocycles. The molecule has 20 heavy (non-hydrogen) atoms. The second-order valence-electron chi connectivity index (χ2n) is 5.13. The minimum Gasteiger partial charge on any atom is -0.462 e. The summed E-state index contributed by atoms with van der Waals surface area (Å²) < 4.78 is 15.6. The van der Waals surface area contributed by atoms with Crippen LogP contribution in [0.3, 0.4) is 0 Å². The Balaban J connectivity index is 3.20. The second kappa shape index (κ2) is 11.1. The Morgan fingerprint density at radius 1 is 1.00 bits per heavy atom. The fourth-order valence-electron chi connectivity index (χ4n) is 1.77. The van der Waals surface area contributed by atoms with Crippen LogP contribution in [0, 0.1) is 0 Å². The molecule has 0 saturated carbocycles. The van der Waals surface area contributed by atoms with Crippen molar-refractivity contribution in [3.63, 3.8) is 0 Å². The third-order valence-electron chi connectivity index (χ3n) is 2.93. The summed E-state index contributed by atoms with van der Waals surface area (Å²) in [6.07, 6.45) is 7.71. The Labute approximate surface area is 121 Å². The third kappa shape index (κ3) is 13.8. The fourth-order valence-corrected chi connectivity index (χ4v) is 2.40. The van der Waals surface area contributed by atoms with E-state index in [-0.39, 0.29) is 12.1 Å². The summed E-state index contributed by atoms with van der Waals surface area (Å²) >= 11 is 0. The van der Waals surface area contributed by atoms with Crippen molar-refractivity contribution in [2.45, 2.75) is 58.3 Å². The van der Waals surface area contributed by atoms with Gasteiger partial charge >= 0.3 is 13.6 Å². The first-order valence-corrected chi connectivity index (χ1v) is 9.00. The van der Waals surface area contributed by atoms with E-state index < -0.39 is 7.60 Å². The van der Waals surface area contributed by atoms with Crippen LogP contribution in [0.15, 0.2) is 12.2 Å². The number of esters is 1. The quantitative estimate of drug-likeness (QED) is 0.250. The lowest BCUT2D eigenvalue weighted by atomic mass is 10.1. The van der Waals surface area contributed by atoms with Crippen molar-refractivity contribution < 1.29 is 23.9 Å². The number of hydrogen-bond donors (Lipinski definition) is 2. The molecule has 0 spiro atoms. The maximum atomic E-state index is 11.1. The van der Waals surface area contributed by atoms with Gasteiger partial charge in [0.1, 0.15) is 0 Å². The van der Waals surface area contributed by atoms with Crippen LogP contribution in [-0.4, -0.2) is 28.5 Å². The molecule has 118 valence electrons. The number of ether oxygens (including phenoxy) is 1. The first kappa shape index (κ1) is 19.4. The normalized spacial score (nSPS) is 11.3. The highest BCUT2D eigenvalue weighted by Crippen LogP contribution is 2.35. The van der Waals surface area contributed by atoms with Crippen molar-refractivity contribution in [1.82, 2.24) is 0 Å². The van der Waals surface area contributed by atoms with Gasteiger partial charge in [0, 0.05) is 11.7 Å². The Bertz CT molecular complexity index is 334. The van der Waals surface area contributed by atoms with Gasteiger partial charge in [-0.3, -0.25) is 4.57 Å². The van der Waals surface area contributed by atoms with Crippen molar-refractivity contribution in [2.75, 3.05) is 12.8 Å². The molecule has 0 bridgehead atoms. The topological polar surface area (TPSA) is 83.8 Å². The molecular formula is C14H27O5P. The van der Waals surface area contributed by atoms with Crippen LogP contribution in [0.1, 0.15) is 58.3 Å². The largest absolute Gasteiger partial charge is 0.462 e. The molecule has 0 aromatic heterocycles. The molecule has 6 heteroatoms. The number of carbonyl (C=O) groups is 1. The summed E-state index contributed by atoms with van der Waals surface area (Å²) in [4.78, 5) is 28.4. The van der Waals surface area contributed by atoms with Gasteiger partial charge in [0.05, 0.1) is 6.61 Å². The number of hydrogen-bond acceptors (Lipinski definition) is 3. The van der Waals surface area contributed by atoms with E-state index in [1.165, 1.54) is 0 Å². The molecule has 0 aliphatic heterocycles. The molecule has 0 aliphatic rings. The highest BCUT2D eigenvalue weighted by molar-refractivity contribution is 7.51. The van der Waals surface area contributed by atoms with E-state index in [9.17, 15) is 9.36 Å². The average molecular weight is 306 g/mol. The highest BCUT2D eigenvalue weighted by atomic mass is 31.2. The standard InChI is InChI=1S/C14H27O5P/c1-13(2)14(15)19-11-9-7-5-3-4-6-8-10-12-20(16,17)18/h1,3-12H2,2H3,(H2,16,17,18). The Morgan fingerprint density at radius 2 is 1.45 bits per heavy atom. The van der Waals surface area contributed by atoms with E-state index in [2.05, 4.69) is 6.58 Å². The van der Waals surface area contributed by atoms with E-state index >= 15 is 0 Å². The van der Waals surface area contributed by atoms with Gasteiger partial charge < -0.3 is 14.5 Å². The fraction of sp³-hybridized carbons (Fsp3) is 0.786. The zero-order chi connectivity index (χ0) is 15.4. The number of rotatable bonds is 12. The van der Waals surface area contributed by atoms with E-state index in [1.54, 1.807) is 6.92 Å². The van der Waals surface area contributed by atoms with Gasteiger partial charge in [0.15, 0.2) is 0 Å². The lowest BCUT2D eigenvalue weighted by molar-refractivity contribution is -0.139. The van der Waals surface area contributed by atoms with Crippen LogP contribution in [0.5, 0.6) is 0 Å². The molecule has 0 fully saturated rings. The van der Waals surface area contributed by atoms with Gasteiger partial charge in [-0.2, -0.15) is 0 Å². The number of carbonyl (C=O) groups excluding carboxylic acids is 1. The lowest BCUT2D eigenvalue weighted by Gasteiger charge is -2.05. The van der Waals surface area contributed by atoms with Crippen molar-refractivity contribution >= 4 is 13.6 Å². The summed E-state index contributed by atoms with van der Waals surface area (Å²) in [5.74, 6) is -0.324. The summed E-state index contributed by atoms with van der Waals surface area (Å²) in [5, 5.41) is 0. The molecule has 0 saturated heterocycles. The molecule has 0 unspecified atom stereocenters. The van der Waals surface area contributed by atoms with E-state index in [1.807, 2.05) is 0 Å². The van der Waals surface area contributed by atoms with E-state index in [0.29, 0.717) is 18.6 Å². The van der Waals surface area contributed by atoms with Crippen molar-refractivity contribution in [1.29, 1.82) is 0 Å². The molecule has 5 nitrogen and oxygen atoms in total. The van der Waals surface area contributed by atoms with Crippen LogP contribution < -0.4 is 0 Å². The molecule has 0 atom stereocenters. The number of unbranched alkanes of at least 4 members (excludes halogenated alkanes) is 7. The molecule has 2 N–H and O–H groups in total. The molecule has 0 rings (SSSR count). The maximum Gasteiger partial charge on any atom is 0.333 e. The Kier molecular flexibility index (Phi) is 10.7. The van der Waals surface area contributed by atoms with E-state index in [0.717, 1.165) is 44.9 Å². The lowest BCUT2D eigenvalue weighted by Crippen LogP contribution is -2.05. The van der Waals surface area contributed by atoms with Crippen LogP contribution in [0.2, 0.25) is 0 Å². The smallest absolute Gasteiger partial charge is 0.333 e. The van der Waals surface area contributed by atoms with Crippen LogP contribution in [0.4, 0.5) is 0 Å². The molecule has 0 heterocycles. The average Bonchev–Trinajstić information content (AvgIpc) is 2.34. The van der Waals surface area contributed by atoms with Gasteiger partial charge in [0.25, 0.3) is 0 Å². The molecular weight excluding hydrogens is 279 g/mol. The Morgan fingerprint density at radius 3 is 1.90 bits per heavy atom. The summed E-state index contributed by atoms with van der Waals surface area (Å²) in [5.41, 5.74) is 0.431. The van der Waals surface area contributed by atoms with Gasteiger partial charge in [-0.25, -0.2) is 4.79 Å². The predicted octanol–water partition coefficient (Wildman–Crippen LogP) is 3.40. The summed E-state index contributed by atoms with van der Waals surface area (Å²) in [6, 6.07) is 0. The van der Waals surface area contributed by atoms with Crippen LogP contribution >= 0.6 is 7.60 Å². The molecule has 0 amide bonds. The molecule has 0 aromatic rings. The second-order valence-corrected chi connectivity index (χ2v) is 6.91. The van der Waals surface area contributed by atoms with Crippen LogP contribution in [0.25, 0.3) is 0 Å². The maximum absolute atomic E-state index is 11.1. The minimum absolute atomic E-state index is 0.00108.